The highest BCUT2D eigenvalue weighted by Gasteiger charge is 2.12. The van der Waals surface area contributed by atoms with Crippen LogP contribution in [0.15, 0.2) is 24.3 Å². The molecule has 0 saturated heterocycles. The third-order valence-electron chi connectivity index (χ3n) is 2.82. The van der Waals surface area contributed by atoms with Crippen molar-refractivity contribution in [2.45, 2.75) is 33.7 Å². The minimum absolute atomic E-state index is 0.381. The molecule has 0 aromatic heterocycles. The van der Waals surface area contributed by atoms with Gasteiger partial charge in [-0.25, -0.2) is 0 Å². The van der Waals surface area contributed by atoms with E-state index in [4.69, 9.17) is 5.73 Å². The highest BCUT2D eigenvalue weighted by molar-refractivity contribution is 5.52. The molecule has 0 saturated carbocycles. The quantitative estimate of drug-likeness (QED) is 0.845. The van der Waals surface area contributed by atoms with Crippen molar-refractivity contribution in [3.05, 3.63) is 29.8 Å². The van der Waals surface area contributed by atoms with Crippen molar-refractivity contribution >= 4 is 5.69 Å². The van der Waals surface area contributed by atoms with Gasteiger partial charge in [-0.1, -0.05) is 39.0 Å². The Kier molecular flexibility index (Phi) is 4.36. The molecule has 2 heteroatoms. The van der Waals surface area contributed by atoms with E-state index >= 15 is 0 Å². The molecule has 0 aliphatic rings. The monoisotopic (exact) mass is 220 g/mol. The highest BCUT2D eigenvalue weighted by Crippen LogP contribution is 2.23. The van der Waals surface area contributed by atoms with Crippen molar-refractivity contribution in [1.82, 2.24) is 0 Å². The van der Waals surface area contributed by atoms with Gasteiger partial charge in [0.15, 0.2) is 0 Å². The molecule has 0 bridgehead atoms. The summed E-state index contributed by atoms with van der Waals surface area (Å²) in [5, 5.41) is 0. The fraction of sp³-hybridized carbons (Fsp3) is 0.571. The molecule has 2 N–H and O–H groups in total. The molecule has 0 fully saturated rings. The summed E-state index contributed by atoms with van der Waals surface area (Å²) in [6, 6.07) is 8.36. The van der Waals surface area contributed by atoms with E-state index in [1.165, 1.54) is 17.7 Å². The minimum Gasteiger partial charge on any atom is -0.374 e. The second-order valence-electron chi connectivity index (χ2n) is 5.57. The summed E-state index contributed by atoms with van der Waals surface area (Å²) in [6.07, 6.45) is 1.18. The van der Waals surface area contributed by atoms with Crippen molar-refractivity contribution in [2.24, 2.45) is 11.1 Å². The SMILES string of the molecule is CN(CCC(C)(C)C)c1ccccc1CN. The van der Waals surface area contributed by atoms with Crippen molar-refractivity contribution in [3.8, 4) is 0 Å². The van der Waals surface area contributed by atoms with Crippen LogP contribution in [0.2, 0.25) is 0 Å². The molecule has 16 heavy (non-hydrogen) atoms. The van der Waals surface area contributed by atoms with Gasteiger partial charge in [-0.2, -0.15) is 0 Å². The number of rotatable bonds is 4. The van der Waals surface area contributed by atoms with Crippen molar-refractivity contribution in [1.29, 1.82) is 0 Å². The molecule has 1 rings (SSSR count). The van der Waals surface area contributed by atoms with Crippen LogP contribution in [0.3, 0.4) is 0 Å². The first-order chi connectivity index (χ1) is 7.44. The number of para-hydroxylation sites is 1. The lowest BCUT2D eigenvalue weighted by Crippen LogP contribution is -2.24. The van der Waals surface area contributed by atoms with Gasteiger partial charge >= 0.3 is 0 Å². The average Bonchev–Trinajstić information content (AvgIpc) is 2.25. The van der Waals surface area contributed by atoms with Gasteiger partial charge in [-0.15, -0.1) is 0 Å². The van der Waals surface area contributed by atoms with E-state index in [1.54, 1.807) is 0 Å². The van der Waals surface area contributed by atoms with Crippen molar-refractivity contribution < 1.29 is 0 Å². The molecule has 1 aromatic carbocycles. The van der Waals surface area contributed by atoms with Gasteiger partial charge in [0.25, 0.3) is 0 Å². The third kappa shape index (κ3) is 3.86. The van der Waals surface area contributed by atoms with E-state index in [1.807, 2.05) is 6.07 Å². The summed E-state index contributed by atoms with van der Waals surface area (Å²) in [5.74, 6) is 0. The molecule has 0 aliphatic heterocycles. The number of hydrogen-bond donors (Lipinski definition) is 1. The molecule has 2 nitrogen and oxygen atoms in total. The molecule has 0 spiro atoms. The van der Waals surface area contributed by atoms with Crippen LogP contribution in [0.4, 0.5) is 5.69 Å². The van der Waals surface area contributed by atoms with Crippen LogP contribution >= 0.6 is 0 Å². The van der Waals surface area contributed by atoms with E-state index in [0.29, 0.717) is 12.0 Å². The number of anilines is 1. The molecule has 0 atom stereocenters. The van der Waals surface area contributed by atoms with Gasteiger partial charge in [0.1, 0.15) is 0 Å². The lowest BCUT2D eigenvalue weighted by molar-refractivity contribution is 0.381. The third-order valence-corrected chi connectivity index (χ3v) is 2.82. The lowest BCUT2D eigenvalue weighted by atomic mass is 9.92. The highest BCUT2D eigenvalue weighted by atomic mass is 15.1. The minimum atomic E-state index is 0.381. The molecular weight excluding hydrogens is 196 g/mol. The Morgan fingerprint density at radius 3 is 2.38 bits per heavy atom. The number of hydrogen-bond acceptors (Lipinski definition) is 2. The molecule has 0 radical (unpaired) electrons. The molecular formula is C14H24N2. The van der Waals surface area contributed by atoms with E-state index in [0.717, 1.165) is 6.54 Å². The van der Waals surface area contributed by atoms with Gasteiger partial charge in [-0.05, 0) is 23.5 Å². The summed E-state index contributed by atoms with van der Waals surface area (Å²) in [6.45, 7) is 8.50. The number of benzene rings is 1. The summed E-state index contributed by atoms with van der Waals surface area (Å²) < 4.78 is 0. The Labute approximate surface area is 99.5 Å². The van der Waals surface area contributed by atoms with Crippen LogP contribution in [0.25, 0.3) is 0 Å². The topological polar surface area (TPSA) is 29.3 Å². The zero-order chi connectivity index (χ0) is 12.2. The number of nitrogens with two attached hydrogens (primary N) is 1. The summed E-state index contributed by atoms with van der Waals surface area (Å²) in [4.78, 5) is 2.30. The van der Waals surface area contributed by atoms with Crippen LogP contribution in [-0.2, 0) is 6.54 Å². The summed E-state index contributed by atoms with van der Waals surface area (Å²) in [7, 11) is 2.14. The molecule has 1 aromatic rings. The Morgan fingerprint density at radius 1 is 1.19 bits per heavy atom. The van der Waals surface area contributed by atoms with Crippen LogP contribution in [0.1, 0.15) is 32.8 Å². The van der Waals surface area contributed by atoms with E-state index < -0.39 is 0 Å². The average molecular weight is 220 g/mol. The molecule has 0 aliphatic carbocycles. The standard InChI is InChI=1S/C14H24N2/c1-14(2,3)9-10-16(4)13-8-6-5-7-12(13)11-15/h5-8H,9-11,15H2,1-4H3. The first-order valence-electron chi connectivity index (χ1n) is 5.93. The van der Waals surface area contributed by atoms with Gasteiger partial charge in [0.05, 0.1) is 0 Å². The van der Waals surface area contributed by atoms with E-state index in [-0.39, 0.29) is 0 Å². The first kappa shape index (κ1) is 13.0. The van der Waals surface area contributed by atoms with Gasteiger partial charge in [0.2, 0.25) is 0 Å². The van der Waals surface area contributed by atoms with Crippen LogP contribution in [0, 0.1) is 5.41 Å². The second kappa shape index (κ2) is 5.35. The summed E-state index contributed by atoms with van der Waals surface area (Å²) in [5.41, 5.74) is 8.60. The first-order valence-corrected chi connectivity index (χ1v) is 5.93. The van der Waals surface area contributed by atoms with E-state index in [9.17, 15) is 0 Å². The van der Waals surface area contributed by atoms with E-state index in [2.05, 4.69) is 50.9 Å². The zero-order valence-corrected chi connectivity index (χ0v) is 11.0. The van der Waals surface area contributed by atoms with Crippen LogP contribution in [0.5, 0.6) is 0 Å². The Hall–Kier alpha value is -1.02. The zero-order valence-electron chi connectivity index (χ0n) is 11.0. The Morgan fingerprint density at radius 2 is 1.81 bits per heavy atom. The maximum Gasteiger partial charge on any atom is 0.0409 e. The molecule has 90 valence electrons. The normalized spacial score (nSPS) is 11.6. The maximum absolute atomic E-state index is 5.74. The van der Waals surface area contributed by atoms with Crippen LogP contribution < -0.4 is 10.6 Å². The number of nitrogens with zero attached hydrogens (tertiary/aromatic N) is 1. The molecule has 0 amide bonds. The van der Waals surface area contributed by atoms with Crippen LogP contribution in [-0.4, -0.2) is 13.6 Å². The fourth-order valence-corrected chi connectivity index (χ4v) is 1.68. The predicted molar refractivity (Wildman–Crippen MR) is 71.7 cm³/mol. The smallest absolute Gasteiger partial charge is 0.0409 e. The van der Waals surface area contributed by atoms with Crippen molar-refractivity contribution in [3.63, 3.8) is 0 Å². The molecule has 0 heterocycles. The molecule has 0 unspecified atom stereocenters. The largest absolute Gasteiger partial charge is 0.374 e. The van der Waals surface area contributed by atoms with Gasteiger partial charge in [0, 0.05) is 25.8 Å². The lowest BCUT2D eigenvalue weighted by Gasteiger charge is -2.26. The predicted octanol–water partition coefficient (Wildman–Crippen LogP) is 3.02. The maximum atomic E-state index is 5.74. The Balaban J connectivity index is 2.69. The van der Waals surface area contributed by atoms with Gasteiger partial charge < -0.3 is 10.6 Å². The van der Waals surface area contributed by atoms with Crippen molar-refractivity contribution in [2.75, 3.05) is 18.5 Å². The fourth-order valence-electron chi connectivity index (χ4n) is 1.68. The van der Waals surface area contributed by atoms with Gasteiger partial charge in [-0.3, -0.25) is 0 Å². The summed E-state index contributed by atoms with van der Waals surface area (Å²) >= 11 is 0. The Bertz CT molecular complexity index is 326. The second-order valence-corrected chi connectivity index (χ2v) is 5.57.